The predicted molar refractivity (Wildman–Crippen MR) is 101 cm³/mol. The number of benzene rings is 2. The summed E-state index contributed by atoms with van der Waals surface area (Å²) < 4.78 is 5.69. The van der Waals surface area contributed by atoms with Gasteiger partial charge in [0.2, 0.25) is 0 Å². The highest BCUT2D eigenvalue weighted by atomic mass is 17.1. The summed E-state index contributed by atoms with van der Waals surface area (Å²) in [5.41, 5.74) is 1.61. The van der Waals surface area contributed by atoms with Gasteiger partial charge in [0.15, 0.2) is 0 Å². The highest BCUT2D eigenvalue weighted by Gasteiger charge is 2.22. The number of hydrogen-bond donors (Lipinski definition) is 3. The molecule has 7 heteroatoms. The van der Waals surface area contributed by atoms with Gasteiger partial charge in [-0.1, -0.05) is 50.1 Å². The van der Waals surface area contributed by atoms with Crippen LogP contribution in [0, 0.1) is 0 Å². The fourth-order valence-electron chi connectivity index (χ4n) is 2.42. The molecule has 2 aromatic rings. The van der Waals surface area contributed by atoms with Crippen LogP contribution in [0.3, 0.4) is 0 Å². The van der Waals surface area contributed by atoms with Crippen molar-refractivity contribution in [3.05, 3.63) is 60.2 Å². The lowest BCUT2D eigenvalue weighted by Gasteiger charge is -2.15. The monoisotopic (exact) mass is 372 g/mol. The Labute approximate surface area is 158 Å². The second kappa shape index (κ2) is 10.8. The van der Waals surface area contributed by atoms with Crippen LogP contribution >= 0.6 is 0 Å². The molecule has 0 aliphatic carbocycles. The molecule has 0 radical (unpaired) electrons. The van der Waals surface area contributed by atoms with E-state index in [1.54, 1.807) is 24.3 Å². The molecule has 2 amide bonds. The summed E-state index contributed by atoms with van der Waals surface area (Å²) in [5.74, 6) is -0.210. The molecule has 0 spiro atoms. The third-order valence-electron chi connectivity index (χ3n) is 3.89. The van der Waals surface area contributed by atoms with Gasteiger partial charge < -0.3 is 15.4 Å². The van der Waals surface area contributed by atoms with E-state index < -0.39 is 18.0 Å². The number of ether oxygens (including phenoxy) is 1. The van der Waals surface area contributed by atoms with E-state index in [9.17, 15) is 9.59 Å². The Kier molecular flexibility index (Phi) is 8.12. The van der Waals surface area contributed by atoms with E-state index >= 15 is 0 Å². The minimum absolute atomic E-state index is 0.385. The van der Waals surface area contributed by atoms with Crippen LogP contribution in [-0.4, -0.2) is 23.3 Å². The van der Waals surface area contributed by atoms with Gasteiger partial charge in [0.1, 0.15) is 18.4 Å². The van der Waals surface area contributed by atoms with Crippen LogP contribution in [0.4, 0.5) is 10.5 Å². The van der Waals surface area contributed by atoms with Crippen molar-refractivity contribution in [1.82, 2.24) is 5.32 Å². The predicted octanol–water partition coefficient (Wildman–Crippen LogP) is 3.96. The largest absolute Gasteiger partial charge is 0.489 e. The van der Waals surface area contributed by atoms with Crippen LogP contribution in [0.25, 0.3) is 0 Å². The average Bonchev–Trinajstić information content (AvgIpc) is 2.70. The fourth-order valence-corrected chi connectivity index (χ4v) is 2.42. The number of hydrogen-bond acceptors (Lipinski definition) is 5. The molecule has 0 bridgehead atoms. The number of rotatable bonds is 9. The van der Waals surface area contributed by atoms with E-state index in [-0.39, 0.29) is 0 Å². The first-order valence-corrected chi connectivity index (χ1v) is 8.82. The first kappa shape index (κ1) is 20.3. The summed E-state index contributed by atoms with van der Waals surface area (Å²) in [5, 5.41) is 13.7. The summed E-state index contributed by atoms with van der Waals surface area (Å²) >= 11 is 0. The van der Waals surface area contributed by atoms with Gasteiger partial charge in [-0.2, -0.15) is 5.26 Å². The van der Waals surface area contributed by atoms with Crippen LogP contribution in [0.5, 0.6) is 5.75 Å². The molecule has 7 nitrogen and oxygen atoms in total. The van der Waals surface area contributed by atoms with Crippen molar-refractivity contribution in [1.29, 1.82) is 0 Å². The van der Waals surface area contributed by atoms with Gasteiger partial charge in [-0.25, -0.2) is 9.59 Å². The summed E-state index contributed by atoms with van der Waals surface area (Å²) in [6.45, 7) is 2.42. The Balaban J connectivity index is 1.85. The fraction of sp³-hybridized carbons (Fsp3) is 0.300. The molecule has 144 valence electrons. The first-order valence-electron chi connectivity index (χ1n) is 8.82. The molecule has 2 rings (SSSR count). The van der Waals surface area contributed by atoms with Crippen LogP contribution in [0.15, 0.2) is 54.6 Å². The van der Waals surface area contributed by atoms with E-state index in [1.807, 2.05) is 37.3 Å². The number of carbonyl (C=O) groups is 2. The minimum Gasteiger partial charge on any atom is -0.489 e. The zero-order chi connectivity index (χ0) is 19.5. The molecule has 3 N–H and O–H groups in total. The van der Waals surface area contributed by atoms with E-state index in [0.29, 0.717) is 30.9 Å². The molecule has 0 saturated heterocycles. The highest BCUT2D eigenvalue weighted by Crippen LogP contribution is 2.17. The number of urea groups is 1. The van der Waals surface area contributed by atoms with Crippen molar-refractivity contribution in [3.63, 3.8) is 0 Å². The SMILES string of the molecule is CCCCC(NC(=O)Nc1ccc(OCc2ccccc2)cc1)C(=O)OO. The van der Waals surface area contributed by atoms with Crippen LogP contribution in [0.1, 0.15) is 31.7 Å². The molecule has 2 aromatic carbocycles. The normalized spacial score (nSPS) is 11.3. The van der Waals surface area contributed by atoms with Crippen molar-refractivity contribution in [2.75, 3.05) is 5.32 Å². The standard InChI is InChI=1S/C20H24N2O5/c1-2-3-9-18(19(23)27-25)22-20(24)21-16-10-12-17(13-11-16)26-14-15-7-5-4-6-8-15/h4-8,10-13,18,25H,2-3,9,14H2,1H3,(H2,21,22,24). The molecule has 27 heavy (non-hydrogen) atoms. The van der Waals surface area contributed by atoms with E-state index in [1.165, 1.54) is 0 Å². The zero-order valence-electron chi connectivity index (χ0n) is 15.2. The van der Waals surface area contributed by atoms with Crippen molar-refractivity contribution in [3.8, 4) is 5.75 Å². The zero-order valence-corrected chi connectivity index (χ0v) is 15.2. The van der Waals surface area contributed by atoms with Crippen molar-refractivity contribution >= 4 is 17.7 Å². The maximum atomic E-state index is 12.1. The number of anilines is 1. The van der Waals surface area contributed by atoms with E-state index in [2.05, 4.69) is 15.5 Å². The average molecular weight is 372 g/mol. The lowest BCUT2D eigenvalue weighted by Crippen LogP contribution is -2.43. The quantitative estimate of drug-likeness (QED) is 0.457. The second-order valence-electron chi connectivity index (χ2n) is 6.00. The molecule has 0 aliphatic heterocycles. The van der Waals surface area contributed by atoms with Gasteiger partial charge in [0.25, 0.3) is 0 Å². The molecule has 1 atom stereocenters. The van der Waals surface area contributed by atoms with Gasteiger partial charge in [-0.15, -0.1) is 0 Å². The third kappa shape index (κ3) is 6.99. The van der Waals surface area contributed by atoms with Crippen molar-refractivity contribution in [2.45, 2.75) is 38.8 Å². The molecule has 0 fully saturated rings. The second-order valence-corrected chi connectivity index (χ2v) is 6.00. The molecule has 0 aromatic heterocycles. The van der Waals surface area contributed by atoms with Crippen LogP contribution in [0.2, 0.25) is 0 Å². The molecular weight excluding hydrogens is 348 g/mol. The summed E-state index contributed by atoms with van der Waals surface area (Å²) in [4.78, 5) is 27.3. The van der Waals surface area contributed by atoms with Gasteiger partial charge in [-0.05, 0) is 36.2 Å². The molecular formula is C20H24N2O5. The number of amides is 2. The smallest absolute Gasteiger partial charge is 0.364 e. The minimum atomic E-state index is -0.900. The molecule has 1 unspecified atom stereocenters. The Morgan fingerprint density at radius 2 is 1.78 bits per heavy atom. The van der Waals surface area contributed by atoms with Crippen LogP contribution in [-0.2, 0) is 16.3 Å². The Morgan fingerprint density at radius 1 is 1.07 bits per heavy atom. The third-order valence-corrected chi connectivity index (χ3v) is 3.89. The van der Waals surface area contributed by atoms with Gasteiger partial charge in [0.05, 0.1) is 0 Å². The number of carbonyl (C=O) groups excluding carboxylic acids is 2. The number of nitrogens with one attached hydrogen (secondary N) is 2. The Morgan fingerprint density at radius 3 is 2.41 bits per heavy atom. The van der Waals surface area contributed by atoms with Gasteiger partial charge >= 0.3 is 12.0 Å². The van der Waals surface area contributed by atoms with Crippen LogP contribution < -0.4 is 15.4 Å². The van der Waals surface area contributed by atoms with Crippen molar-refractivity contribution < 1.29 is 24.5 Å². The Hall–Kier alpha value is -3.06. The van der Waals surface area contributed by atoms with Gasteiger partial charge in [-0.3, -0.25) is 4.89 Å². The van der Waals surface area contributed by atoms with E-state index in [4.69, 9.17) is 9.99 Å². The summed E-state index contributed by atoms with van der Waals surface area (Å²) in [6, 6.07) is 15.2. The Bertz CT molecular complexity index is 719. The molecule has 0 heterocycles. The highest BCUT2D eigenvalue weighted by molar-refractivity contribution is 5.92. The van der Waals surface area contributed by atoms with Gasteiger partial charge in [0, 0.05) is 5.69 Å². The lowest BCUT2D eigenvalue weighted by atomic mass is 10.1. The molecule has 0 aliphatic rings. The maximum Gasteiger partial charge on any atom is 0.364 e. The van der Waals surface area contributed by atoms with E-state index in [0.717, 1.165) is 12.0 Å². The topological polar surface area (TPSA) is 96.9 Å². The number of unbranched alkanes of at least 4 members (excludes halogenated alkanes) is 1. The lowest BCUT2D eigenvalue weighted by molar-refractivity contribution is -0.236. The summed E-state index contributed by atoms with van der Waals surface area (Å²) in [6.07, 6.45) is 1.95. The molecule has 0 saturated carbocycles. The van der Waals surface area contributed by atoms with Crippen molar-refractivity contribution in [2.24, 2.45) is 0 Å². The first-order chi connectivity index (χ1) is 13.1. The summed E-state index contributed by atoms with van der Waals surface area (Å²) in [7, 11) is 0. The maximum absolute atomic E-state index is 12.1.